The second kappa shape index (κ2) is 6.32. The molecule has 0 aromatic heterocycles. The van der Waals surface area contributed by atoms with Crippen molar-refractivity contribution in [2.45, 2.75) is 52.2 Å². The topological polar surface area (TPSA) is 57.6 Å². The molecule has 2 fully saturated rings. The van der Waals surface area contributed by atoms with Crippen LogP contribution in [-0.2, 0) is 9.84 Å². The van der Waals surface area contributed by atoms with Gasteiger partial charge >= 0.3 is 0 Å². The van der Waals surface area contributed by atoms with Crippen molar-refractivity contribution in [2.24, 2.45) is 17.8 Å². The Hall–Kier alpha value is -0.130. The van der Waals surface area contributed by atoms with Crippen molar-refractivity contribution in [3.8, 4) is 0 Å². The zero-order valence-corrected chi connectivity index (χ0v) is 13.8. The van der Waals surface area contributed by atoms with Crippen molar-refractivity contribution >= 4 is 9.84 Å². The van der Waals surface area contributed by atoms with Crippen molar-refractivity contribution in [1.82, 2.24) is 4.90 Å². The van der Waals surface area contributed by atoms with Crippen LogP contribution in [0.15, 0.2) is 0 Å². The van der Waals surface area contributed by atoms with Gasteiger partial charge in [-0.1, -0.05) is 13.8 Å². The number of nitrogens with zero attached hydrogens (tertiary/aromatic N) is 1. The molecule has 0 spiro atoms. The molecule has 2 aliphatic rings. The van der Waals surface area contributed by atoms with E-state index in [4.69, 9.17) is 0 Å². The first kappa shape index (κ1) is 16.2. The Morgan fingerprint density at radius 2 is 2.00 bits per heavy atom. The fourth-order valence-electron chi connectivity index (χ4n) is 3.69. The van der Waals surface area contributed by atoms with Gasteiger partial charge < -0.3 is 5.11 Å². The molecule has 2 rings (SSSR count). The summed E-state index contributed by atoms with van der Waals surface area (Å²) >= 11 is 0. The summed E-state index contributed by atoms with van der Waals surface area (Å²) in [5.41, 5.74) is 0. The molecule has 0 bridgehead atoms. The van der Waals surface area contributed by atoms with Crippen molar-refractivity contribution < 1.29 is 13.5 Å². The third-order valence-electron chi connectivity index (χ3n) is 5.20. The Balaban J connectivity index is 1.94. The fraction of sp³-hybridized carbons (Fsp3) is 1.00. The van der Waals surface area contributed by atoms with Gasteiger partial charge in [-0.25, -0.2) is 8.42 Å². The minimum absolute atomic E-state index is 0.0837. The Bertz CT molecular complexity index is 421. The second-order valence-electron chi connectivity index (χ2n) is 7.10. The molecule has 0 amide bonds. The zero-order chi connectivity index (χ0) is 14.9. The lowest BCUT2D eigenvalue weighted by Gasteiger charge is -2.41. The molecule has 4 nitrogen and oxygen atoms in total. The van der Waals surface area contributed by atoms with Crippen LogP contribution in [0, 0.1) is 17.8 Å². The summed E-state index contributed by atoms with van der Waals surface area (Å²) < 4.78 is 23.3. The maximum Gasteiger partial charge on any atom is 0.153 e. The first-order valence-corrected chi connectivity index (χ1v) is 9.73. The number of aliphatic hydroxyl groups excluding tert-OH is 1. The summed E-state index contributed by atoms with van der Waals surface area (Å²) in [7, 11) is -2.85. The molecule has 5 heteroatoms. The van der Waals surface area contributed by atoms with Crippen LogP contribution in [0.2, 0.25) is 0 Å². The lowest BCUT2D eigenvalue weighted by atomic mass is 9.74. The van der Waals surface area contributed by atoms with E-state index in [1.165, 1.54) is 0 Å². The smallest absolute Gasteiger partial charge is 0.153 e. The standard InChI is InChI=1S/C15H29NO3S/c1-11(2)13-4-5-15(17)14(8-13)9-16-6-7-20(18,19)10-12(16)3/h11-15,17H,4-10H2,1-3H3. The first-order chi connectivity index (χ1) is 9.28. The van der Waals surface area contributed by atoms with E-state index in [-0.39, 0.29) is 23.7 Å². The van der Waals surface area contributed by atoms with Crippen LogP contribution in [0.5, 0.6) is 0 Å². The van der Waals surface area contributed by atoms with Crippen LogP contribution < -0.4 is 0 Å². The Morgan fingerprint density at radius 3 is 2.60 bits per heavy atom. The van der Waals surface area contributed by atoms with Gasteiger partial charge in [-0.3, -0.25) is 4.90 Å². The fourth-order valence-corrected chi connectivity index (χ4v) is 5.32. The maximum atomic E-state index is 11.6. The molecule has 20 heavy (non-hydrogen) atoms. The molecule has 118 valence electrons. The number of sulfone groups is 1. The highest BCUT2D eigenvalue weighted by Gasteiger charge is 2.35. The van der Waals surface area contributed by atoms with E-state index in [0.29, 0.717) is 24.3 Å². The van der Waals surface area contributed by atoms with Gasteiger partial charge in [-0.2, -0.15) is 0 Å². The minimum Gasteiger partial charge on any atom is -0.393 e. The van der Waals surface area contributed by atoms with Crippen molar-refractivity contribution in [2.75, 3.05) is 24.6 Å². The summed E-state index contributed by atoms with van der Waals surface area (Å²) in [5.74, 6) is 2.22. The Morgan fingerprint density at radius 1 is 1.30 bits per heavy atom. The monoisotopic (exact) mass is 303 g/mol. The second-order valence-corrected chi connectivity index (χ2v) is 9.33. The molecule has 1 aliphatic carbocycles. The van der Waals surface area contributed by atoms with Gasteiger partial charge in [0.1, 0.15) is 0 Å². The molecule has 0 aromatic rings. The highest BCUT2D eigenvalue weighted by atomic mass is 32.2. The molecule has 4 unspecified atom stereocenters. The zero-order valence-electron chi connectivity index (χ0n) is 13.0. The predicted octanol–water partition coefficient (Wildman–Crippen LogP) is 1.54. The number of hydrogen-bond acceptors (Lipinski definition) is 4. The SMILES string of the molecule is CC(C)C1CCC(O)C(CN2CCS(=O)(=O)CC2C)C1. The minimum atomic E-state index is -2.85. The molecule has 0 aromatic carbocycles. The first-order valence-electron chi connectivity index (χ1n) is 7.91. The van der Waals surface area contributed by atoms with E-state index in [0.717, 1.165) is 25.8 Å². The normalized spacial score (nSPS) is 39.0. The molecule has 0 radical (unpaired) electrons. The van der Waals surface area contributed by atoms with E-state index < -0.39 is 9.84 Å². The van der Waals surface area contributed by atoms with E-state index in [1.54, 1.807) is 0 Å². The average Bonchev–Trinajstić information content (AvgIpc) is 2.34. The maximum absolute atomic E-state index is 11.6. The number of rotatable bonds is 3. The van der Waals surface area contributed by atoms with E-state index in [9.17, 15) is 13.5 Å². The van der Waals surface area contributed by atoms with Crippen LogP contribution in [-0.4, -0.2) is 55.2 Å². The van der Waals surface area contributed by atoms with Gasteiger partial charge in [0, 0.05) is 19.1 Å². The quantitative estimate of drug-likeness (QED) is 0.859. The molecular formula is C15H29NO3S. The van der Waals surface area contributed by atoms with Crippen LogP contribution in [0.25, 0.3) is 0 Å². The third-order valence-corrected chi connectivity index (χ3v) is 7.00. The van der Waals surface area contributed by atoms with Gasteiger partial charge in [0.2, 0.25) is 0 Å². The third kappa shape index (κ3) is 3.95. The number of aliphatic hydroxyl groups is 1. The van der Waals surface area contributed by atoms with Crippen LogP contribution in [0.4, 0.5) is 0 Å². The van der Waals surface area contributed by atoms with E-state index in [2.05, 4.69) is 18.7 Å². The van der Waals surface area contributed by atoms with Crippen molar-refractivity contribution in [3.05, 3.63) is 0 Å². The summed E-state index contributed by atoms with van der Waals surface area (Å²) in [4.78, 5) is 2.26. The number of hydrogen-bond donors (Lipinski definition) is 1. The van der Waals surface area contributed by atoms with Crippen molar-refractivity contribution in [3.63, 3.8) is 0 Å². The Labute approximate surface area is 123 Å². The summed E-state index contributed by atoms with van der Waals surface area (Å²) in [6, 6.07) is 0.0837. The molecule has 4 atom stereocenters. The lowest BCUT2D eigenvalue weighted by molar-refractivity contribution is 0.0140. The van der Waals surface area contributed by atoms with Crippen LogP contribution in [0.1, 0.15) is 40.0 Å². The molecular weight excluding hydrogens is 274 g/mol. The molecule has 1 saturated heterocycles. The van der Waals surface area contributed by atoms with Gasteiger partial charge in [0.15, 0.2) is 9.84 Å². The lowest BCUT2D eigenvalue weighted by Crippen LogP contribution is -2.50. The predicted molar refractivity (Wildman–Crippen MR) is 81.4 cm³/mol. The highest BCUT2D eigenvalue weighted by molar-refractivity contribution is 7.91. The summed E-state index contributed by atoms with van der Waals surface area (Å²) in [5, 5.41) is 10.2. The van der Waals surface area contributed by atoms with Gasteiger partial charge in [-0.05, 0) is 43.9 Å². The molecule has 1 N–H and O–H groups in total. The summed E-state index contributed by atoms with van der Waals surface area (Å²) in [6.45, 7) is 7.98. The largest absolute Gasteiger partial charge is 0.393 e. The average molecular weight is 303 g/mol. The molecule has 1 aliphatic heterocycles. The summed E-state index contributed by atoms with van der Waals surface area (Å²) in [6.07, 6.45) is 2.89. The molecule has 1 heterocycles. The van der Waals surface area contributed by atoms with Crippen molar-refractivity contribution in [1.29, 1.82) is 0 Å². The van der Waals surface area contributed by atoms with Gasteiger partial charge in [-0.15, -0.1) is 0 Å². The Kier molecular flexibility index (Phi) is 5.14. The van der Waals surface area contributed by atoms with Gasteiger partial charge in [0.05, 0.1) is 17.6 Å². The van der Waals surface area contributed by atoms with E-state index >= 15 is 0 Å². The van der Waals surface area contributed by atoms with Gasteiger partial charge in [0.25, 0.3) is 0 Å². The highest BCUT2D eigenvalue weighted by Crippen LogP contribution is 2.34. The van der Waals surface area contributed by atoms with E-state index in [1.807, 2.05) is 6.92 Å². The molecule has 1 saturated carbocycles. The van der Waals surface area contributed by atoms with Crippen LogP contribution in [0.3, 0.4) is 0 Å². The van der Waals surface area contributed by atoms with Crippen LogP contribution >= 0.6 is 0 Å².